The second-order valence-corrected chi connectivity index (χ2v) is 6.81. The van der Waals surface area contributed by atoms with Gasteiger partial charge < -0.3 is 15.0 Å². The summed E-state index contributed by atoms with van der Waals surface area (Å²) in [4.78, 5) is 14.1. The number of fused-ring (bicyclic) bond motifs is 1. The highest BCUT2D eigenvalue weighted by atomic mass is 32.1. The molecule has 1 saturated heterocycles. The smallest absolute Gasteiger partial charge is 0.317 e. The van der Waals surface area contributed by atoms with Crippen LogP contribution < -0.4 is 5.32 Å². The minimum atomic E-state index is -0.0433. The first-order chi connectivity index (χ1) is 10.6. The molecule has 1 aromatic heterocycles. The molecule has 1 aromatic carbocycles. The minimum Gasteiger partial charge on any atom is -0.376 e. The molecule has 1 aliphatic heterocycles. The number of hydrogen-bond donors (Lipinski definition) is 1. The van der Waals surface area contributed by atoms with Gasteiger partial charge in [-0.05, 0) is 42.2 Å². The van der Waals surface area contributed by atoms with E-state index in [0.717, 1.165) is 19.4 Å². The summed E-state index contributed by atoms with van der Waals surface area (Å²) >= 11 is 1.72. The van der Waals surface area contributed by atoms with Gasteiger partial charge in [-0.3, -0.25) is 0 Å². The zero-order valence-corrected chi connectivity index (χ0v) is 13.9. The third-order valence-electron chi connectivity index (χ3n) is 4.19. The van der Waals surface area contributed by atoms with Gasteiger partial charge in [-0.2, -0.15) is 0 Å². The van der Waals surface area contributed by atoms with Gasteiger partial charge in [0.05, 0.1) is 12.1 Å². The van der Waals surface area contributed by atoms with Crippen molar-refractivity contribution in [2.24, 2.45) is 0 Å². The molecular weight excluding hydrogens is 296 g/mol. The zero-order chi connectivity index (χ0) is 15.5. The van der Waals surface area contributed by atoms with Crippen molar-refractivity contribution in [3.8, 4) is 0 Å². The number of nitrogens with zero attached hydrogens (tertiary/aromatic N) is 1. The topological polar surface area (TPSA) is 41.6 Å². The number of amides is 2. The van der Waals surface area contributed by atoms with E-state index < -0.39 is 0 Å². The number of benzene rings is 1. The molecule has 1 N–H and O–H groups in total. The Labute approximate surface area is 135 Å². The van der Waals surface area contributed by atoms with Crippen LogP contribution in [0.3, 0.4) is 0 Å². The molecule has 118 valence electrons. The SMILES string of the molecule is CC(NC(=O)N(C)Cc1csc2ccccc12)C1CCCO1. The summed E-state index contributed by atoms with van der Waals surface area (Å²) in [6.45, 7) is 3.44. The molecule has 2 heterocycles. The molecule has 0 aliphatic carbocycles. The van der Waals surface area contributed by atoms with Gasteiger partial charge in [-0.1, -0.05) is 18.2 Å². The van der Waals surface area contributed by atoms with Crippen molar-refractivity contribution in [2.45, 2.75) is 38.5 Å². The molecular formula is C17H22N2O2S. The largest absolute Gasteiger partial charge is 0.376 e. The van der Waals surface area contributed by atoms with Crippen LogP contribution in [-0.4, -0.2) is 36.7 Å². The molecule has 2 aromatic rings. The van der Waals surface area contributed by atoms with Crippen molar-refractivity contribution in [2.75, 3.05) is 13.7 Å². The van der Waals surface area contributed by atoms with E-state index in [4.69, 9.17) is 4.74 Å². The second kappa shape index (κ2) is 6.67. The highest BCUT2D eigenvalue weighted by molar-refractivity contribution is 7.17. The van der Waals surface area contributed by atoms with Crippen molar-refractivity contribution in [1.29, 1.82) is 0 Å². The van der Waals surface area contributed by atoms with Crippen LogP contribution in [0.5, 0.6) is 0 Å². The van der Waals surface area contributed by atoms with E-state index in [1.54, 1.807) is 16.2 Å². The van der Waals surface area contributed by atoms with Crippen LogP contribution in [0.2, 0.25) is 0 Å². The highest BCUT2D eigenvalue weighted by Crippen LogP contribution is 2.26. The average molecular weight is 318 g/mol. The van der Waals surface area contributed by atoms with Crippen LogP contribution in [0.25, 0.3) is 10.1 Å². The fourth-order valence-corrected chi connectivity index (χ4v) is 3.83. The molecule has 0 saturated carbocycles. The summed E-state index contributed by atoms with van der Waals surface area (Å²) in [7, 11) is 1.84. The quantitative estimate of drug-likeness (QED) is 0.935. The highest BCUT2D eigenvalue weighted by Gasteiger charge is 2.24. The van der Waals surface area contributed by atoms with E-state index >= 15 is 0 Å². The van der Waals surface area contributed by atoms with E-state index in [2.05, 4.69) is 22.8 Å². The lowest BCUT2D eigenvalue weighted by Gasteiger charge is -2.24. The monoisotopic (exact) mass is 318 g/mol. The third-order valence-corrected chi connectivity index (χ3v) is 5.20. The van der Waals surface area contributed by atoms with E-state index in [-0.39, 0.29) is 18.2 Å². The van der Waals surface area contributed by atoms with Gasteiger partial charge in [0.2, 0.25) is 0 Å². The molecule has 4 nitrogen and oxygen atoms in total. The van der Waals surface area contributed by atoms with Gasteiger partial charge in [0.25, 0.3) is 0 Å². The molecule has 0 radical (unpaired) electrons. The summed E-state index contributed by atoms with van der Waals surface area (Å²) in [6.07, 6.45) is 2.27. The normalized spacial score (nSPS) is 19.3. The van der Waals surface area contributed by atoms with Crippen LogP contribution in [0, 0.1) is 0 Å². The summed E-state index contributed by atoms with van der Waals surface area (Å²) in [6, 6.07) is 8.32. The Morgan fingerprint density at radius 3 is 3.09 bits per heavy atom. The predicted molar refractivity (Wildman–Crippen MR) is 90.3 cm³/mol. The van der Waals surface area contributed by atoms with Gasteiger partial charge in [0, 0.05) is 24.9 Å². The van der Waals surface area contributed by atoms with E-state index in [0.29, 0.717) is 6.54 Å². The average Bonchev–Trinajstić information content (AvgIpc) is 3.17. The van der Waals surface area contributed by atoms with Crippen LogP contribution in [0.1, 0.15) is 25.3 Å². The predicted octanol–water partition coefficient (Wildman–Crippen LogP) is 3.61. The van der Waals surface area contributed by atoms with Gasteiger partial charge >= 0.3 is 6.03 Å². The van der Waals surface area contributed by atoms with Crippen LogP contribution in [-0.2, 0) is 11.3 Å². The first-order valence-corrected chi connectivity index (χ1v) is 8.61. The van der Waals surface area contributed by atoms with Gasteiger partial charge in [-0.25, -0.2) is 4.79 Å². The molecule has 3 rings (SSSR count). The number of hydrogen-bond acceptors (Lipinski definition) is 3. The summed E-state index contributed by atoms with van der Waals surface area (Å²) < 4.78 is 6.89. The van der Waals surface area contributed by atoms with Crippen molar-refractivity contribution in [3.05, 3.63) is 35.2 Å². The number of carbonyl (C=O) groups is 1. The van der Waals surface area contributed by atoms with Crippen molar-refractivity contribution >= 4 is 27.5 Å². The van der Waals surface area contributed by atoms with E-state index in [1.165, 1.54) is 15.6 Å². The first-order valence-electron chi connectivity index (χ1n) is 7.73. The summed E-state index contributed by atoms with van der Waals surface area (Å²) in [5.41, 5.74) is 1.20. The Morgan fingerprint density at radius 2 is 2.32 bits per heavy atom. The maximum absolute atomic E-state index is 12.3. The van der Waals surface area contributed by atoms with Crippen molar-refractivity contribution < 1.29 is 9.53 Å². The van der Waals surface area contributed by atoms with Crippen LogP contribution >= 0.6 is 11.3 Å². The number of urea groups is 1. The molecule has 0 bridgehead atoms. The Balaban J connectivity index is 1.61. The fraction of sp³-hybridized carbons (Fsp3) is 0.471. The molecule has 2 atom stereocenters. The van der Waals surface area contributed by atoms with Gasteiger partial charge in [0.15, 0.2) is 0 Å². The maximum atomic E-state index is 12.3. The molecule has 22 heavy (non-hydrogen) atoms. The fourth-order valence-electron chi connectivity index (χ4n) is 2.88. The maximum Gasteiger partial charge on any atom is 0.317 e. The summed E-state index contributed by atoms with van der Waals surface area (Å²) in [5.74, 6) is 0. The molecule has 2 amide bonds. The number of thiophene rings is 1. The molecule has 5 heteroatoms. The third kappa shape index (κ3) is 3.25. The Bertz CT molecular complexity index is 649. The lowest BCUT2D eigenvalue weighted by molar-refractivity contribution is 0.0838. The Hall–Kier alpha value is -1.59. The van der Waals surface area contributed by atoms with E-state index in [9.17, 15) is 4.79 Å². The second-order valence-electron chi connectivity index (χ2n) is 5.90. The van der Waals surface area contributed by atoms with Crippen LogP contribution in [0.15, 0.2) is 29.6 Å². The molecule has 1 aliphatic rings. The molecule has 1 fully saturated rings. The Kier molecular flexibility index (Phi) is 4.64. The van der Waals surface area contributed by atoms with Gasteiger partial charge in [0.1, 0.15) is 0 Å². The number of ether oxygens (including phenoxy) is 1. The number of carbonyl (C=O) groups excluding carboxylic acids is 1. The standard InChI is InChI=1S/C17H22N2O2S/c1-12(15-7-5-9-21-15)18-17(20)19(2)10-13-11-22-16-8-4-3-6-14(13)16/h3-4,6,8,11-12,15H,5,7,9-10H2,1-2H3,(H,18,20). The molecule has 2 unspecified atom stereocenters. The number of nitrogens with one attached hydrogen (secondary N) is 1. The van der Waals surface area contributed by atoms with Crippen molar-refractivity contribution in [3.63, 3.8) is 0 Å². The summed E-state index contributed by atoms with van der Waals surface area (Å²) in [5, 5.41) is 6.42. The molecule has 0 spiro atoms. The zero-order valence-electron chi connectivity index (χ0n) is 13.0. The van der Waals surface area contributed by atoms with E-state index in [1.807, 2.05) is 26.1 Å². The van der Waals surface area contributed by atoms with Gasteiger partial charge in [-0.15, -0.1) is 11.3 Å². The Morgan fingerprint density at radius 1 is 1.50 bits per heavy atom. The number of rotatable bonds is 4. The lowest BCUT2D eigenvalue weighted by atomic mass is 10.1. The van der Waals surface area contributed by atoms with Crippen molar-refractivity contribution in [1.82, 2.24) is 10.2 Å². The lowest BCUT2D eigenvalue weighted by Crippen LogP contribution is -2.46. The van der Waals surface area contributed by atoms with Crippen LogP contribution in [0.4, 0.5) is 4.79 Å². The minimum absolute atomic E-state index is 0.0433. The first kappa shape index (κ1) is 15.3.